The zero-order valence-electron chi connectivity index (χ0n) is 15.6. The van der Waals surface area contributed by atoms with E-state index in [2.05, 4.69) is 15.1 Å². The molecule has 1 atom stereocenters. The van der Waals surface area contributed by atoms with Crippen LogP contribution in [0.15, 0.2) is 36.7 Å². The second-order valence-electron chi connectivity index (χ2n) is 6.76. The number of hydrogen-bond donors (Lipinski definition) is 0. The summed E-state index contributed by atoms with van der Waals surface area (Å²) >= 11 is 0. The molecule has 1 saturated heterocycles. The molecular formula is C20H23N5O2. The van der Waals surface area contributed by atoms with Crippen molar-refractivity contribution in [3.8, 4) is 5.75 Å². The zero-order valence-corrected chi connectivity index (χ0v) is 15.6. The number of piperidine rings is 1. The van der Waals surface area contributed by atoms with Crippen molar-refractivity contribution in [2.24, 2.45) is 7.05 Å². The van der Waals surface area contributed by atoms with Crippen molar-refractivity contribution in [3.05, 3.63) is 47.9 Å². The number of carbonyl (C=O) groups excluding carboxylic acids is 1. The Kier molecular flexibility index (Phi) is 4.75. The topological polar surface area (TPSA) is 73.1 Å². The van der Waals surface area contributed by atoms with Crippen molar-refractivity contribution in [2.75, 3.05) is 19.7 Å². The molecule has 4 rings (SSSR count). The number of para-hydroxylation sites is 1. The highest BCUT2D eigenvalue weighted by molar-refractivity contribution is 5.97. The number of aromatic nitrogens is 4. The quantitative estimate of drug-likeness (QED) is 0.711. The summed E-state index contributed by atoms with van der Waals surface area (Å²) in [5.74, 6) is 0.804. The third kappa shape index (κ3) is 3.25. The van der Waals surface area contributed by atoms with Gasteiger partial charge in [-0.25, -0.2) is 14.6 Å². The molecule has 0 spiro atoms. The van der Waals surface area contributed by atoms with Crippen molar-refractivity contribution in [3.63, 3.8) is 0 Å². The van der Waals surface area contributed by atoms with Crippen LogP contribution in [0.4, 0.5) is 0 Å². The van der Waals surface area contributed by atoms with E-state index < -0.39 is 0 Å². The van der Waals surface area contributed by atoms with Gasteiger partial charge in [0.2, 0.25) is 0 Å². The summed E-state index contributed by atoms with van der Waals surface area (Å²) in [6, 6.07) is 7.44. The molecule has 3 heterocycles. The van der Waals surface area contributed by atoms with E-state index >= 15 is 0 Å². The molecule has 7 heteroatoms. The first kappa shape index (κ1) is 17.5. The first-order valence-corrected chi connectivity index (χ1v) is 9.33. The van der Waals surface area contributed by atoms with Crippen LogP contribution in [0.3, 0.4) is 0 Å². The first-order valence-electron chi connectivity index (χ1n) is 9.33. The smallest absolute Gasteiger partial charge is 0.257 e. The Hall–Kier alpha value is -2.96. The van der Waals surface area contributed by atoms with Crippen LogP contribution in [0.5, 0.6) is 5.75 Å². The van der Waals surface area contributed by atoms with Crippen molar-refractivity contribution in [1.29, 1.82) is 0 Å². The molecule has 1 aliphatic heterocycles. The number of fused-ring (bicyclic) bond motifs is 1. The second kappa shape index (κ2) is 7.34. The zero-order chi connectivity index (χ0) is 18.8. The monoisotopic (exact) mass is 365 g/mol. The molecule has 0 saturated carbocycles. The number of nitrogens with zero attached hydrogens (tertiary/aromatic N) is 5. The van der Waals surface area contributed by atoms with E-state index in [0.717, 1.165) is 36.2 Å². The van der Waals surface area contributed by atoms with Gasteiger partial charge in [0, 0.05) is 38.4 Å². The van der Waals surface area contributed by atoms with Gasteiger partial charge in [-0.3, -0.25) is 4.79 Å². The average molecular weight is 365 g/mol. The molecule has 0 N–H and O–H groups in total. The molecule has 7 nitrogen and oxygen atoms in total. The Balaban J connectivity index is 1.61. The van der Waals surface area contributed by atoms with Crippen molar-refractivity contribution >= 4 is 17.1 Å². The summed E-state index contributed by atoms with van der Waals surface area (Å²) in [4.78, 5) is 23.9. The highest BCUT2D eigenvalue weighted by Crippen LogP contribution is 2.31. The predicted octanol–water partition coefficient (Wildman–Crippen LogP) is 2.78. The Bertz CT molecular complexity index is 968. The summed E-state index contributed by atoms with van der Waals surface area (Å²) in [5, 5.41) is 4.66. The van der Waals surface area contributed by atoms with E-state index in [1.165, 1.54) is 0 Å². The van der Waals surface area contributed by atoms with E-state index in [9.17, 15) is 4.79 Å². The average Bonchev–Trinajstić information content (AvgIpc) is 3.05. The number of aryl methyl sites for hydroxylation is 1. The van der Waals surface area contributed by atoms with E-state index in [1.54, 1.807) is 17.1 Å². The maximum Gasteiger partial charge on any atom is 0.257 e. The van der Waals surface area contributed by atoms with Gasteiger partial charge in [-0.15, -0.1) is 0 Å². The number of rotatable bonds is 4. The Labute approximate surface area is 158 Å². The van der Waals surface area contributed by atoms with Gasteiger partial charge < -0.3 is 9.64 Å². The van der Waals surface area contributed by atoms with Crippen LogP contribution in [0.2, 0.25) is 0 Å². The molecule has 2 aromatic heterocycles. The minimum absolute atomic E-state index is 0.00932. The molecule has 1 aliphatic rings. The van der Waals surface area contributed by atoms with Crippen LogP contribution in [-0.2, 0) is 7.05 Å². The van der Waals surface area contributed by atoms with Gasteiger partial charge >= 0.3 is 0 Å². The lowest BCUT2D eigenvalue weighted by molar-refractivity contribution is 0.0702. The van der Waals surface area contributed by atoms with Crippen molar-refractivity contribution in [1.82, 2.24) is 24.6 Å². The number of carbonyl (C=O) groups is 1. The van der Waals surface area contributed by atoms with E-state index in [0.29, 0.717) is 24.5 Å². The summed E-state index contributed by atoms with van der Waals surface area (Å²) in [6.07, 6.45) is 5.29. The van der Waals surface area contributed by atoms with Gasteiger partial charge in [-0.05, 0) is 31.9 Å². The van der Waals surface area contributed by atoms with Gasteiger partial charge in [0.25, 0.3) is 5.91 Å². The number of likely N-dealkylation sites (tertiary alicyclic amines) is 1. The van der Waals surface area contributed by atoms with Crippen molar-refractivity contribution < 1.29 is 9.53 Å². The van der Waals surface area contributed by atoms with Crippen LogP contribution < -0.4 is 4.74 Å². The maximum atomic E-state index is 13.1. The maximum absolute atomic E-state index is 13.1. The van der Waals surface area contributed by atoms with Crippen LogP contribution in [0, 0.1) is 0 Å². The van der Waals surface area contributed by atoms with E-state index in [1.807, 2.05) is 43.1 Å². The van der Waals surface area contributed by atoms with Crippen LogP contribution >= 0.6 is 0 Å². The third-order valence-electron chi connectivity index (χ3n) is 5.00. The van der Waals surface area contributed by atoms with Crippen molar-refractivity contribution in [2.45, 2.75) is 25.7 Å². The Morgan fingerprint density at radius 1 is 1.26 bits per heavy atom. The summed E-state index contributed by atoms with van der Waals surface area (Å²) in [6.45, 7) is 3.82. The minimum Gasteiger partial charge on any atom is -0.493 e. The highest BCUT2D eigenvalue weighted by Gasteiger charge is 2.30. The largest absolute Gasteiger partial charge is 0.493 e. The lowest BCUT2D eigenvalue weighted by Gasteiger charge is -2.32. The van der Waals surface area contributed by atoms with Gasteiger partial charge in [0.05, 0.1) is 17.9 Å². The molecular weight excluding hydrogens is 342 g/mol. The third-order valence-corrected chi connectivity index (χ3v) is 5.00. The van der Waals surface area contributed by atoms with Gasteiger partial charge in [0.1, 0.15) is 11.3 Å². The Morgan fingerprint density at radius 3 is 2.93 bits per heavy atom. The lowest BCUT2D eigenvalue weighted by atomic mass is 9.93. The fourth-order valence-corrected chi connectivity index (χ4v) is 3.76. The summed E-state index contributed by atoms with van der Waals surface area (Å²) in [5.41, 5.74) is 3.15. The number of benzene rings is 1. The summed E-state index contributed by atoms with van der Waals surface area (Å²) < 4.78 is 7.41. The molecule has 3 aromatic rings. The molecule has 1 aromatic carbocycles. The van der Waals surface area contributed by atoms with E-state index in [-0.39, 0.29) is 11.8 Å². The molecule has 1 amide bonds. The Morgan fingerprint density at radius 2 is 2.07 bits per heavy atom. The fourth-order valence-electron chi connectivity index (χ4n) is 3.76. The van der Waals surface area contributed by atoms with Crippen LogP contribution in [0.25, 0.3) is 11.2 Å². The molecule has 0 aliphatic carbocycles. The molecule has 27 heavy (non-hydrogen) atoms. The SMILES string of the molecule is CCOc1ccccc1C(=O)N1CCC[C@@H](c2nn(C)c3nccnc23)C1. The first-order chi connectivity index (χ1) is 13.2. The number of hydrogen-bond acceptors (Lipinski definition) is 5. The van der Waals surface area contributed by atoms with Gasteiger partial charge in [-0.2, -0.15) is 5.10 Å². The van der Waals surface area contributed by atoms with Gasteiger partial charge in [0.15, 0.2) is 5.65 Å². The standard InChI is InChI=1S/C20H23N5O2/c1-3-27-16-9-5-4-8-15(16)20(26)25-12-6-7-14(13-25)17-18-19(24(2)23-17)22-11-10-21-18/h4-5,8-11,14H,3,6-7,12-13H2,1-2H3/t14-/m1/s1. The van der Waals surface area contributed by atoms with Crippen LogP contribution in [-0.4, -0.2) is 50.3 Å². The molecule has 0 unspecified atom stereocenters. The highest BCUT2D eigenvalue weighted by atomic mass is 16.5. The normalized spacial score (nSPS) is 17.3. The molecule has 0 bridgehead atoms. The molecule has 0 radical (unpaired) electrons. The second-order valence-corrected chi connectivity index (χ2v) is 6.76. The lowest BCUT2D eigenvalue weighted by Crippen LogP contribution is -2.39. The number of ether oxygens (including phenoxy) is 1. The summed E-state index contributed by atoms with van der Waals surface area (Å²) in [7, 11) is 1.88. The van der Waals surface area contributed by atoms with Crippen LogP contribution in [0.1, 0.15) is 41.7 Å². The van der Waals surface area contributed by atoms with Gasteiger partial charge in [-0.1, -0.05) is 12.1 Å². The fraction of sp³-hybridized carbons (Fsp3) is 0.400. The predicted molar refractivity (Wildman–Crippen MR) is 102 cm³/mol. The number of amides is 1. The minimum atomic E-state index is 0.00932. The molecule has 140 valence electrons. The molecule has 1 fully saturated rings. The van der Waals surface area contributed by atoms with E-state index in [4.69, 9.17) is 4.74 Å².